The van der Waals surface area contributed by atoms with Crippen LogP contribution in [0, 0.1) is 0 Å². The molecule has 3 rings (SSSR count). The maximum atomic E-state index is 12.8. The number of hydrogen-bond donors (Lipinski definition) is 2. The SMILES string of the molecule is COCc1ccc(NS(=O)(=O)c2ccc(OC)c(N3CCNCC3)c2)cc1.Cl. The molecule has 2 aromatic rings. The van der Waals surface area contributed by atoms with Gasteiger partial charge in [0.1, 0.15) is 5.75 Å². The molecule has 7 nitrogen and oxygen atoms in total. The average molecular weight is 428 g/mol. The number of methoxy groups -OCH3 is 2. The van der Waals surface area contributed by atoms with Crippen LogP contribution in [-0.4, -0.2) is 48.8 Å². The van der Waals surface area contributed by atoms with Crippen molar-refractivity contribution in [3.05, 3.63) is 48.0 Å². The van der Waals surface area contributed by atoms with Crippen LogP contribution in [0.1, 0.15) is 5.56 Å². The number of anilines is 2. The Kier molecular flexibility index (Phi) is 7.94. The average Bonchev–Trinajstić information content (AvgIpc) is 2.69. The number of sulfonamides is 1. The third-order valence-corrected chi connectivity index (χ3v) is 5.81. The number of piperazine rings is 1. The third kappa shape index (κ3) is 5.29. The summed E-state index contributed by atoms with van der Waals surface area (Å²) in [7, 11) is -0.490. The Bertz CT molecular complexity index is 869. The van der Waals surface area contributed by atoms with E-state index in [1.54, 1.807) is 44.6 Å². The molecule has 0 saturated carbocycles. The molecule has 1 aliphatic rings. The molecule has 1 heterocycles. The maximum absolute atomic E-state index is 12.8. The monoisotopic (exact) mass is 427 g/mol. The van der Waals surface area contributed by atoms with E-state index in [0.717, 1.165) is 37.4 Å². The quantitative estimate of drug-likeness (QED) is 0.706. The minimum atomic E-state index is -3.70. The molecule has 1 saturated heterocycles. The topological polar surface area (TPSA) is 79.9 Å². The van der Waals surface area contributed by atoms with Gasteiger partial charge in [0.25, 0.3) is 10.0 Å². The standard InChI is InChI=1S/C19H25N3O4S.ClH/c1-25-14-15-3-5-16(6-4-15)21-27(23,24)17-7-8-19(26-2)18(13-17)22-11-9-20-10-12-22;/h3-8,13,20-21H,9-12,14H2,1-2H3;1H. The van der Waals surface area contributed by atoms with Gasteiger partial charge in [-0.05, 0) is 35.9 Å². The first-order valence-corrected chi connectivity index (χ1v) is 10.3. The molecule has 1 fully saturated rings. The Morgan fingerprint density at radius 3 is 2.36 bits per heavy atom. The lowest BCUT2D eigenvalue weighted by Crippen LogP contribution is -2.43. The Labute approximate surface area is 172 Å². The highest BCUT2D eigenvalue weighted by atomic mass is 35.5. The van der Waals surface area contributed by atoms with Gasteiger partial charge in [-0.25, -0.2) is 8.42 Å². The van der Waals surface area contributed by atoms with Crippen LogP contribution < -0.4 is 19.7 Å². The van der Waals surface area contributed by atoms with Gasteiger partial charge in [-0.2, -0.15) is 0 Å². The Morgan fingerprint density at radius 1 is 1.07 bits per heavy atom. The van der Waals surface area contributed by atoms with Gasteiger partial charge in [0.05, 0.1) is 24.3 Å². The Balaban J connectivity index is 0.00000280. The fraction of sp³-hybridized carbons (Fsp3) is 0.368. The van der Waals surface area contributed by atoms with Crippen molar-refractivity contribution in [3.8, 4) is 5.75 Å². The minimum absolute atomic E-state index is 0. The zero-order valence-electron chi connectivity index (χ0n) is 16.0. The highest BCUT2D eigenvalue weighted by Gasteiger charge is 2.20. The van der Waals surface area contributed by atoms with Gasteiger partial charge in [0.2, 0.25) is 0 Å². The molecule has 0 spiro atoms. The van der Waals surface area contributed by atoms with E-state index < -0.39 is 10.0 Å². The van der Waals surface area contributed by atoms with E-state index in [0.29, 0.717) is 18.0 Å². The molecule has 28 heavy (non-hydrogen) atoms. The second-order valence-corrected chi connectivity index (χ2v) is 7.99. The Hall–Kier alpha value is -2.00. The molecule has 1 aliphatic heterocycles. The zero-order valence-corrected chi connectivity index (χ0v) is 17.6. The predicted octanol–water partition coefficient (Wildman–Crippen LogP) is 2.47. The summed E-state index contributed by atoms with van der Waals surface area (Å²) in [5, 5.41) is 3.29. The summed E-state index contributed by atoms with van der Waals surface area (Å²) < 4.78 is 38.8. The molecule has 0 aliphatic carbocycles. The zero-order chi connectivity index (χ0) is 19.3. The maximum Gasteiger partial charge on any atom is 0.261 e. The first-order valence-electron chi connectivity index (χ1n) is 8.78. The van der Waals surface area contributed by atoms with Gasteiger partial charge in [-0.1, -0.05) is 12.1 Å². The minimum Gasteiger partial charge on any atom is -0.495 e. The van der Waals surface area contributed by atoms with Crippen molar-refractivity contribution in [1.82, 2.24) is 5.32 Å². The van der Waals surface area contributed by atoms with Gasteiger partial charge in [0, 0.05) is 39.0 Å². The molecular formula is C19H26ClN3O4S. The van der Waals surface area contributed by atoms with Crippen molar-refractivity contribution >= 4 is 33.8 Å². The summed E-state index contributed by atoms with van der Waals surface area (Å²) in [5.74, 6) is 0.666. The van der Waals surface area contributed by atoms with Gasteiger partial charge in [-0.15, -0.1) is 12.4 Å². The van der Waals surface area contributed by atoms with Crippen molar-refractivity contribution in [1.29, 1.82) is 0 Å². The second kappa shape index (κ2) is 9.97. The fourth-order valence-electron chi connectivity index (χ4n) is 3.04. The molecule has 0 atom stereocenters. The van der Waals surface area contributed by atoms with E-state index in [4.69, 9.17) is 9.47 Å². The highest BCUT2D eigenvalue weighted by Crippen LogP contribution is 2.32. The van der Waals surface area contributed by atoms with Crippen LogP contribution in [0.5, 0.6) is 5.75 Å². The number of hydrogen-bond acceptors (Lipinski definition) is 6. The molecule has 2 aromatic carbocycles. The lowest BCUT2D eigenvalue weighted by Gasteiger charge is -2.30. The van der Waals surface area contributed by atoms with E-state index in [2.05, 4.69) is 14.9 Å². The first-order chi connectivity index (χ1) is 13.0. The summed E-state index contributed by atoms with van der Waals surface area (Å²) in [6.07, 6.45) is 0. The summed E-state index contributed by atoms with van der Waals surface area (Å²) in [4.78, 5) is 2.34. The van der Waals surface area contributed by atoms with Gasteiger partial charge < -0.3 is 19.7 Å². The van der Waals surface area contributed by atoms with Crippen LogP contribution in [0.25, 0.3) is 0 Å². The summed E-state index contributed by atoms with van der Waals surface area (Å²) >= 11 is 0. The summed E-state index contributed by atoms with van der Waals surface area (Å²) in [5.41, 5.74) is 2.28. The number of halogens is 1. The normalized spacial score (nSPS) is 14.3. The highest BCUT2D eigenvalue weighted by molar-refractivity contribution is 7.92. The third-order valence-electron chi connectivity index (χ3n) is 4.44. The Morgan fingerprint density at radius 2 is 1.75 bits per heavy atom. The summed E-state index contributed by atoms with van der Waals surface area (Å²) in [6, 6.07) is 12.1. The number of rotatable bonds is 7. The molecule has 0 aromatic heterocycles. The largest absolute Gasteiger partial charge is 0.495 e. The molecule has 9 heteroatoms. The molecule has 0 radical (unpaired) electrons. The molecule has 0 amide bonds. The van der Waals surface area contributed by atoms with Gasteiger partial charge in [0.15, 0.2) is 0 Å². The number of nitrogens with one attached hydrogen (secondary N) is 2. The lowest BCUT2D eigenvalue weighted by molar-refractivity contribution is 0.185. The first kappa shape index (κ1) is 22.3. The summed E-state index contributed by atoms with van der Waals surface area (Å²) in [6.45, 7) is 3.79. The lowest BCUT2D eigenvalue weighted by atomic mass is 10.2. The van der Waals surface area contributed by atoms with E-state index in [9.17, 15) is 8.42 Å². The molecular weight excluding hydrogens is 402 g/mol. The fourth-order valence-corrected chi connectivity index (χ4v) is 4.12. The second-order valence-electron chi connectivity index (χ2n) is 6.31. The molecule has 0 unspecified atom stereocenters. The van der Waals surface area contributed by atoms with Crippen molar-refractivity contribution < 1.29 is 17.9 Å². The molecule has 0 bridgehead atoms. The smallest absolute Gasteiger partial charge is 0.261 e. The van der Waals surface area contributed by atoms with Crippen LogP contribution >= 0.6 is 12.4 Å². The van der Waals surface area contributed by atoms with Crippen molar-refractivity contribution in [2.45, 2.75) is 11.5 Å². The van der Waals surface area contributed by atoms with Gasteiger partial charge >= 0.3 is 0 Å². The van der Waals surface area contributed by atoms with E-state index in [-0.39, 0.29) is 17.3 Å². The molecule has 154 valence electrons. The number of ether oxygens (including phenoxy) is 2. The van der Waals surface area contributed by atoms with Crippen LogP contribution in [0.4, 0.5) is 11.4 Å². The van der Waals surface area contributed by atoms with Crippen molar-refractivity contribution in [3.63, 3.8) is 0 Å². The van der Waals surface area contributed by atoms with Crippen molar-refractivity contribution in [2.75, 3.05) is 50.0 Å². The van der Waals surface area contributed by atoms with Crippen LogP contribution in [0.15, 0.2) is 47.4 Å². The predicted molar refractivity (Wildman–Crippen MR) is 113 cm³/mol. The number of benzene rings is 2. The van der Waals surface area contributed by atoms with E-state index in [1.165, 1.54) is 0 Å². The van der Waals surface area contributed by atoms with Crippen LogP contribution in [0.2, 0.25) is 0 Å². The molecule has 2 N–H and O–H groups in total. The number of nitrogens with zero attached hydrogens (tertiary/aromatic N) is 1. The van der Waals surface area contributed by atoms with E-state index >= 15 is 0 Å². The van der Waals surface area contributed by atoms with Crippen molar-refractivity contribution in [2.24, 2.45) is 0 Å². The van der Waals surface area contributed by atoms with Crippen LogP contribution in [0.3, 0.4) is 0 Å². The van der Waals surface area contributed by atoms with E-state index in [1.807, 2.05) is 12.1 Å². The van der Waals surface area contributed by atoms with Crippen LogP contribution in [-0.2, 0) is 21.4 Å². The van der Waals surface area contributed by atoms with Gasteiger partial charge in [-0.3, -0.25) is 4.72 Å².